The summed E-state index contributed by atoms with van der Waals surface area (Å²) >= 11 is 0. The second-order valence-corrected chi connectivity index (χ2v) is 6.82. The number of nitrogens with zero attached hydrogens (tertiary/aromatic N) is 3. The first-order valence-electron chi connectivity index (χ1n) is 9.25. The summed E-state index contributed by atoms with van der Waals surface area (Å²) in [6.07, 6.45) is 9.71. The van der Waals surface area contributed by atoms with Gasteiger partial charge in [0.25, 0.3) is 0 Å². The Hall–Kier alpha value is -2.93. The van der Waals surface area contributed by atoms with Crippen molar-refractivity contribution in [3.63, 3.8) is 0 Å². The van der Waals surface area contributed by atoms with Crippen molar-refractivity contribution in [2.24, 2.45) is 5.92 Å². The minimum absolute atomic E-state index is 0.00819. The predicted octanol–water partition coefficient (Wildman–Crippen LogP) is 2.42. The molecule has 1 saturated heterocycles. The van der Waals surface area contributed by atoms with E-state index < -0.39 is 0 Å². The van der Waals surface area contributed by atoms with Crippen molar-refractivity contribution in [2.75, 3.05) is 13.2 Å². The Labute approximate surface area is 157 Å². The molecule has 7 nitrogen and oxygen atoms in total. The van der Waals surface area contributed by atoms with Crippen molar-refractivity contribution < 1.29 is 9.53 Å². The monoisotopic (exact) mass is 365 g/mol. The van der Waals surface area contributed by atoms with Gasteiger partial charge >= 0.3 is 0 Å². The zero-order chi connectivity index (χ0) is 18.5. The summed E-state index contributed by atoms with van der Waals surface area (Å²) in [6, 6.07) is 9.76. The van der Waals surface area contributed by atoms with Crippen LogP contribution in [0.3, 0.4) is 0 Å². The molecule has 1 amide bonds. The summed E-state index contributed by atoms with van der Waals surface area (Å²) in [5.74, 6) is 0.292. The van der Waals surface area contributed by atoms with Crippen LogP contribution in [0.15, 0.2) is 55.1 Å². The molecule has 0 aliphatic carbocycles. The van der Waals surface area contributed by atoms with Crippen molar-refractivity contribution in [3.8, 4) is 5.69 Å². The van der Waals surface area contributed by atoms with Crippen LogP contribution in [0.2, 0.25) is 0 Å². The summed E-state index contributed by atoms with van der Waals surface area (Å²) in [5, 5.41) is 14.1. The third-order valence-corrected chi connectivity index (χ3v) is 4.92. The molecule has 0 unspecified atom stereocenters. The molecule has 2 N–H and O–H groups in total. The van der Waals surface area contributed by atoms with E-state index in [1.807, 2.05) is 42.7 Å². The van der Waals surface area contributed by atoms with Crippen LogP contribution in [0.25, 0.3) is 5.69 Å². The van der Waals surface area contributed by atoms with Crippen molar-refractivity contribution in [1.29, 1.82) is 0 Å². The van der Waals surface area contributed by atoms with Crippen LogP contribution in [0, 0.1) is 5.92 Å². The molecular weight excluding hydrogens is 342 g/mol. The minimum atomic E-state index is -0.00819. The van der Waals surface area contributed by atoms with Gasteiger partial charge in [-0.3, -0.25) is 9.89 Å². The van der Waals surface area contributed by atoms with E-state index in [-0.39, 0.29) is 17.9 Å². The number of amides is 1. The van der Waals surface area contributed by atoms with Gasteiger partial charge in [-0.05, 0) is 36.6 Å². The summed E-state index contributed by atoms with van der Waals surface area (Å²) < 4.78 is 7.71. The van der Waals surface area contributed by atoms with Crippen LogP contribution < -0.4 is 5.32 Å². The Morgan fingerprint density at radius 3 is 2.96 bits per heavy atom. The molecule has 1 aromatic carbocycles. The maximum atomic E-state index is 12.4. The molecule has 0 spiro atoms. The van der Waals surface area contributed by atoms with Gasteiger partial charge in [0.05, 0.1) is 24.4 Å². The lowest BCUT2D eigenvalue weighted by Gasteiger charge is -2.31. The third kappa shape index (κ3) is 4.25. The van der Waals surface area contributed by atoms with E-state index in [2.05, 4.69) is 20.6 Å². The highest BCUT2D eigenvalue weighted by Crippen LogP contribution is 2.32. The fourth-order valence-electron chi connectivity index (χ4n) is 3.52. The number of hydrogen-bond donors (Lipinski definition) is 2. The fourth-order valence-corrected chi connectivity index (χ4v) is 3.52. The number of nitrogens with one attached hydrogen (secondary N) is 2. The van der Waals surface area contributed by atoms with Crippen LogP contribution in [0.1, 0.15) is 30.1 Å². The van der Waals surface area contributed by atoms with Gasteiger partial charge in [-0.15, -0.1) is 0 Å². The smallest absolute Gasteiger partial charge is 0.224 e. The number of benzene rings is 1. The van der Waals surface area contributed by atoms with Crippen LogP contribution in [0.5, 0.6) is 0 Å². The van der Waals surface area contributed by atoms with Gasteiger partial charge in [-0.2, -0.15) is 10.2 Å². The average molecular weight is 365 g/mol. The van der Waals surface area contributed by atoms with Gasteiger partial charge in [-0.1, -0.05) is 12.1 Å². The highest BCUT2D eigenvalue weighted by atomic mass is 16.5. The van der Waals surface area contributed by atoms with E-state index in [0.717, 1.165) is 36.3 Å². The Morgan fingerprint density at radius 1 is 1.33 bits per heavy atom. The number of rotatable bonds is 6. The van der Waals surface area contributed by atoms with Gasteiger partial charge < -0.3 is 10.1 Å². The number of H-pyrrole nitrogens is 1. The highest BCUT2D eigenvalue weighted by molar-refractivity contribution is 5.78. The molecule has 3 heterocycles. The molecule has 3 aromatic rings. The Bertz CT molecular complexity index is 843. The van der Waals surface area contributed by atoms with Crippen molar-refractivity contribution >= 4 is 5.91 Å². The Morgan fingerprint density at radius 2 is 2.22 bits per heavy atom. The van der Waals surface area contributed by atoms with E-state index >= 15 is 0 Å². The maximum absolute atomic E-state index is 12.4. The summed E-state index contributed by atoms with van der Waals surface area (Å²) in [6.45, 7) is 1.36. The van der Waals surface area contributed by atoms with Crippen LogP contribution in [0.4, 0.5) is 0 Å². The van der Waals surface area contributed by atoms with Crippen LogP contribution >= 0.6 is 0 Å². The third-order valence-electron chi connectivity index (χ3n) is 4.92. The summed E-state index contributed by atoms with van der Waals surface area (Å²) in [4.78, 5) is 12.4. The van der Waals surface area contributed by atoms with Crippen molar-refractivity contribution in [2.45, 2.75) is 25.4 Å². The largest absolute Gasteiger partial charge is 0.373 e. The summed E-state index contributed by atoms with van der Waals surface area (Å²) in [5.41, 5.74) is 3.00. The van der Waals surface area contributed by atoms with E-state index in [1.165, 1.54) is 0 Å². The first-order chi connectivity index (χ1) is 13.3. The standard InChI is InChI=1S/C20H23N5O2/c26-19(11-15-4-6-18(7-5-15)25-9-2-8-24-25)21-12-16-3-1-10-27-20(16)17-13-22-23-14-17/h2,4-9,13-14,16,20H,1,3,10-12H2,(H,21,26)(H,22,23)/t16-,20+/m0/s1. The second-order valence-electron chi connectivity index (χ2n) is 6.82. The zero-order valence-corrected chi connectivity index (χ0v) is 15.0. The molecule has 7 heteroatoms. The molecule has 1 fully saturated rings. The van der Waals surface area contributed by atoms with Crippen molar-refractivity contribution in [1.82, 2.24) is 25.3 Å². The van der Waals surface area contributed by atoms with Gasteiger partial charge in [0, 0.05) is 43.2 Å². The van der Waals surface area contributed by atoms with Gasteiger partial charge in [-0.25, -0.2) is 4.68 Å². The lowest BCUT2D eigenvalue weighted by atomic mass is 9.91. The molecule has 27 heavy (non-hydrogen) atoms. The van der Waals surface area contributed by atoms with E-state index in [9.17, 15) is 4.79 Å². The van der Waals surface area contributed by atoms with E-state index in [1.54, 1.807) is 17.1 Å². The number of ether oxygens (including phenoxy) is 1. The predicted molar refractivity (Wildman–Crippen MR) is 100 cm³/mol. The Balaban J connectivity index is 1.31. The van der Waals surface area contributed by atoms with Gasteiger partial charge in [0.15, 0.2) is 0 Å². The normalized spacial score (nSPS) is 19.7. The van der Waals surface area contributed by atoms with Gasteiger partial charge in [0.1, 0.15) is 0 Å². The quantitative estimate of drug-likeness (QED) is 0.703. The fraction of sp³-hybridized carbons (Fsp3) is 0.350. The van der Waals surface area contributed by atoms with Gasteiger partial charge in [0.2, 0.25) is 5.91 Å². The molecule has 2 aromatic heterocycles. The minimum Gasteiger partial charge on any atom is -0.373 e. The Kier molecular flexibility index (Phi) is 5.29. The zero-order valence-electron chi connectivity index (χ0n) is 15.0. The topological polar surface area (TPSA) is 84.8 Å². The lowest BCUT2D eigenvalue weighted by molar-refractivity contribution is -0.121. The first kappa shape index (κ1) is 17.5. The molecule has 2 atom stereocenters. The lowest BCUT2D eigenvalue weighted by Crippen LogP contribution is -2.35. The molecular formula is C20H23N5O2. The SMILES string of the molecule is O=C(Cc1ccc(-n2cccn2)cc1)NC[C@@H]1CCCO[C@H]1c1cn[nH]c1. The molecule has 140 valence electrons. The number of carbonyl (C=O) groups is 1. The van der Waals surface area contributed by atoms with E-state index in [0.29, 0.717) is 13.0 Å². The first-order valence-corrected chi connectivity index (χ1v) is 9.25. The molecule has 1 aliphatic rings. The van der Waals surface area contributed by atoms with E-state index in [4.69, 9.17) is 4.74 Å². The number of hydrogen-bond acceptors (Lipinski definition) is 4. The summed E-state index contributed by atoms with van der Waals surface area (Å²) in [7, 11) is 0. The average Bonchev–Trinajstić information content (AvgIpc) is 3.41. The molecule has 0 saturated carbocycles. The number of aromatic nitrogens is 4. The maximum Gasteiger partial charge on any atom is 0.224 e. The molecule has 4 rings (SSSR count). The number of aromatic amines is 1. The van der Waals surface area contributed by atoms with Crippen LogP contribution in [-0.4, -0.2) is 39.0 Å². The molecule has 0 bridgehead atoms. The number of carbonyl (C=O) groups excluding carboxylic acids is 1. The molecule has 0 radical (unpaired) electrons. The second kappa shape index (κ2) is 8.18. The van der Waals surface area contributed by atoms with Crippen molar-refractivity contribution in [3.05, 3.63) is 66.2 Å². The highest BCUT2D eigenvalue weighted by Gasteiger charge is 2.28. The van der Waals surface area contributed by atoms with Crippen LogP contribution in [-0.2, 0) is 16.0 Å². The molecule has 1 aliphatic heterocycles.